The average Bonchev–Trinajstić information content (AvgIpc) is 3.25. The molecule has 0 atom stereocenters. The highest BCUT2D eigenvalue weighted by Crippen LogP contribution is 2.14. The van der Waals surface area contributed by atoms with Crippen LogP contribution in [-0.4, -0.2) is 34.2 Å². The first kappa shape index (κ1) is 21.3. The molecule has 0 spiro atoms. The molecule has 0 bridgehead atoms. The molecule has 2 amide bonds. The van der Waals surface area contributed by atoms with Crippen LogP contribution in [0.15, 0.2) is 77.4 Å². The van der Waals surface area contributed by atoms with Gasteiger partial charge in [0.1, 0.15) is 18.1 Å². The van der Waals surface area contributed by atoms with Crippen molar-refractivity contribution in [2.24, 2.45) is 0 Å². The van der Waals surface area contributed by atoms with Crippen LogP contribution >= 0.6 is 0 Å². The molecule has 0 aliphatic heterocycles. The zero-order valence-electron chi connectivity index (χ0n) is 17.1. The zero-order valence-corrected chi connectivity index (χ0v) is 17.1. The number of hydrogen-bond acceptors (Lipinski definition) is 3. The van der Waals surface area contributed by atoms with Gasteiger partial charge in [-0.25, -0.2) is 4.39 Å². The van der Waals surface area contributed by atoms with Crippen molar-refractivity contribution in [2.45, 2.75) is 33.0 Å². The average molecular weight is 408 g/mol. The molecule has 0 unspecified atom stereocenters. The molecule has 0 saturated heterocycles. The van der Waals surface area contributed by atoms with Crippen LogP contribution in [0.5, 0.6) is 0 Å². The molecule has 0 aliphatic carbocycles. The highest BCUT2D eigenvalue weighted by Gasteiger charge is 2.25. The second-order valence-corrected chi connectivity index (χ2v) is 7.35. The number of hydrogen-bond donors (Lipinski definition) is 0. The van der Waals surface area contributed by atoms with E-state index in [1.807, 2.05) is 50.2 Å². The molecular formula is C24H25FN2O3. The normalized spacial score (nSPS) is 10.8. The molecule has 0 fully saturated rings. The summed E-state index contributed by atoms with van der Waals surface area (Å²) in [4.78, 5) is 29.3. The number of benzene rings is 2. The maximum atomic E-state index is 13.2. The van der Waals surface area contributed by atoms with Crippen LogP contribution in [0, 0.1) is 5.82 Å². The monoisotopic (exact) mass is 408 g/mol. The van der Waals surface area contributed by atoms with Crippen LogP contribution < -0.4 is 0 Å². The Bertz CT molecular complexity index is 954. The lowest BCUT2D eigenvalue weighted by Crippen LogP contribution is -2.45. The third kappa shape index (κ3) is 5.56. The number of nitrogens with zero attached hydrogens (tertiary/aromatic N) is 2. The van der Waals surface area contributed by atoms with Crippen molar-refractivity contribution >= 4 is 11.8 Å². The molecule has 3 aromatic rings. The summed E-state index contributed by atoms with van der Waals surface area (Å²) < 4.78 is 18.6. The predicted molar refractivity (Wildman–Crippen MR) is 112 cm³/mol. The van der Waals surface area contributed by atoms with Crippen LogP contribution in [0.3, 0.4) is 0 Å². The van der Waals surface area contributed by atoms with Gasteiger partial charge in [-0.1, -0.05) is 30.3 Å². The second-order valence-electron chi connectivity index (χ2n) is 7.35. The van der Waals surface area contributed by atoms with Crippen molar-refractivity contribution < 1.29 is 18.4 Å². The third-order valence-electron chi connectivity index (χ3n) is 4.78. The van der Waals surface area contributed by atoms with E-state index in [4.69, 9.17) is 4.42 Å². The summed E-state index contributed by atoms with van der Waals surface area (Å²) in [6.45, 7) is 4.32. The SMILES string of the molecule is CC(C)N(CC(=O)N(Cc1ccccc1)Cc1ccco1)C(=O)c1ccc(F)cc1. The minimum Gasteiger partial charge on any atom is -0.467 e. The predicted octanol–water partition coefficient (Wildman–Crippen LogP) is 4.50. The minimum atomic E-state index is -0.411. The van der Waals surface area contributed by atoms with Crippen molar-refractivity contribution in [3.63, 3.8) is 0 Å². The van der Waals surface area contributed by atoms with Crippen molar-refractivity contribution in [3.05, 3.63) is 95.7 Å². The summed E-state index contributed by atoms with van der Waals surface area (Å²) in [7, 11) is 0. The number of halogens is 1. The van der Waals surface area contributed by atoms with E-state index in [9.17, 15) is 14.0 Å². The molecule has 1 aromatic heterocycles. The summed E-state index contributed by atoms with van der Waals surface area (Å²) in [5.41, 5.74) is 1.33. The molecule has 30 heavy (non-hydrogen) atoms. The Labute approximate surface area is 175 Å². The molecule has 1 heterocycles. The van der Waals surface area contributed by atoms with Crippen LogP contribution in [0.4, 0.5) is 4.39 Å². The maximum Gasteiger partial charge on any atom is 0.254 e. The summed E-state index contributed by atoms with van der Waals surface area (Å²) in [5.74, 6) is -0.248. The third-order valence-corrected chi connectivity index (χ3v) is 4.78. The van der Waals surface area contributed by atoms with Gasteiger partial charge >= 0.3 is 0 Å². The zero-order chi connectivity index (χ0) is 21.5. The lowest BCUT2D eigenvalue weighted by molar-refractivity contribution is -0.133. The summed E-state index contributed by atoms with van der Waals surface area (Å²) in [6.07, 6.45) is 1.57. The first-order valence-corrected chi connectivity index (χ1v) is 9.84. The number of rotatable bonds is 8. The number of carbonyl (C=O) groups excluding carboxylic acids is 2. The van der Waals surface area contributed by atoms with Crippen LogP contribution in [0.2, 0.25) is 0 Å². The van der Waals surface area contributed by atoms with E-state index >= 15 is 0 Å². The Hall–Kier alpha value is -3.41. The van der Waals surface area contributed by atoms with Gasteiger partial charge in [-0.05, 0) is 55.8 Å². The molecule has 3 rings (SSSR count). The highest BCUT2D eigenvalue weighted by atomic mass is 19.1. The van der Waals surface area contributed by atoms with Crippen LogP contribution in [0.1, 0.15) is 35.5 Å². The van der Waals surface area contributed by atoms with Gasteiger partial charge in [-0.15, -0.1) is 0 Å². The first-order chi connectivity index (χ1) is 14.4. The molecule has 0 aliphatic rings. The van der Waals surface area contributed by atoms with Gasteiger partial charge in [0.15, 0.2) is 0 Å². The second kappa shape index (κ2) is 9.87. The Morgan fingerprint density at radius 1 is 0.933 bits per heavy atom. The van der Waals surface area contributed by atoms with E-state index in [0.717, 1.165) is 5.56 Å². The Kier molecular flexibility index (Phi) is 7.01. The van der Waals surface area contributed by atoms with Gasteiger partial charge in [-0.3, -0.25) is 9.59 Å². The summed E-state index contributed by atoms with van der Waals surface area (Å²) in [6, 6.07) is 18.4. The van der Waals surface area contributed by atoms with Crippen molar-refractivity contribution in [2.75, 3.05) is 6.54 Å². The van der Waals surface area contributed by atoms with E-state index in [1.54, 1.807) is 17.2 Å². The van der Waals surface area contributed by atoms with Gasteiger partial charge in [0.05, 0.1) is 12.8 Å². The smallest absolute Gasteiger partial charge is 0.254 e. The molecule has 0 radical (unpaired) electrons. The van der Waals surface area contributed by atoms with Gasteiger partial charge in [0, 0.05) is 18.2 Å². The summed E-state index contributed by atoms with van der Waals surface area (Å²) >= 11 is 0. The fraction of sp³-hybridized carbons (Fsp3) is 0.250. The van der Waals surface area contributed by atoms with E-state index in [-0.39, 0.29) is 24.4 Å². The van der Waals surface area contributed by atoms with Gasteiger partial charge in [0.25, 0.3) is 5.91 Å². The van der Waals surface area contributed by atoms with E-state index in [2.05, 4.69) is 0 Å². The maximum absolute atomic E-state index is 13.2. The molecule has 5 nitrogen and oxygen atoms in total. The van der Waals surface area contributed by atoms with Gasteiger partial charge in [0.2, 0.25) is 5.91 Å². The topological polar surface area (TPSA) is 53.8 Å². The van der Waals surface area contributed by atoms with E-state index in [0.29, 0.717) is 24.4 Å². The molecule has 2 aromatic carbocycles. The Morgan fingerprint density at radius 2 is 1.63 bits per heavy atom. The van der Waals surface area contributed by atoms with Gasteiger partial charge in [-0.2, -0.15) is 0 Å². The minimum absolute atomic E-state index is 0.0819. The molecule has 0 saturated carbocycles. The van der Waals surface area contributed by atoms with E-state index in [1.165, 1.54) is 29.2 Å². The first-order valence-electron chi connectivity index (χ1n) is 9.84. The summed E-state index contributed by atoms with van der Waals surface area (Å²) in [5, 5.41) is 0. The Balaban J connectivity index is 1.78. The molecule has 0 N–H and O–H groups in total. The number of amides is 2. The fourth-order valence-corrected chi connectivity index (χ4v) is 3.12. The lowest BCUT2D eigenvalue weighted by atomic mass is 10.1. The van der Waals surface area contributed by atoms with Gasteiger partial charge < -0.3 is 14.2 Å². The molecule has 6 heteroatoms. The van der Waals surface area contributed by atoms with Crippen LogP contribution in [-0.2, 0) is 17.9 Å². The Morgan fingerprint density at radius 3 is 2.23 bits per heavy atom. The quantitative estimate of drug-likeness (QED) is 0.552. The molecule has 156 valence electrons. The largest absolute Gasteiger partial charge is 0.467 e. The molecular weight excluding hydrogens is 383 g/mol. The van der Waals surface area contributed by atoms with Crippen molar-refractivity contribution in [3.8, 4) is 0 Å². The fourth-order valence-electron chi connectivity index (χ4n) is 3.12. The van der Waals surface area contributed by atoms with E-state index < -0.39 is 5.82 Å². The number of carbonyl (C=O) groups is 2. The van der Waals surface area contributed by atoms with Crippen LogP contribution in [0.25, 0.3) is 0 Å². The van der Waals surface area contributed by atoms with Crippen molar-refractivity contribution in [1.82, 2.24) is 9.80 Å². The number of furan rings is 1. The standard InChI is InChI=1S/C24H25FN2O3/c1-18(2)27(24(29)20-10-12-21(25)13-11-20)17-23(28)26(16-22-9-6-14-30-22)15-19-7-4-3-5-8-19/h3-14,18H,15-17H2,1-2H3. The lowest BCUT2D eigenvalue weighted by Gasteiger charge is -2.30. The van der Waals surface area contributed by atoms with Crippen molar-refractivity contribution in [1.29, 1.82) is 0 Å². The highest BCUT2D eigenvalue weighted by molar-refractivity contribution is 5.96.